The summed E-state index contributed by atoms with van der Waals surface area (Å²) in [5.74, 6) is -0.282. The fourth-order valence-corrected chi connectivity index (χ4v) is 2.54. The van der Waals surface area contributed by atoms with Crippen LogP contribution in [0.15, 0.2) is 53.6 Å². The van der Waals surface area contributed by atoms with E-state index in [1.54, 1.807) is 37.3 Å². The number of carbonyl (C=O) groups is 3. The van der Waals surface area contributed by atoms with Gasteiger partial charge in [0.25, 0.3) is 0 Å². The maximum Gasteiger partial charge on any atom is 0.344 e. The second-order valence-corrected chi connectivity index (χ2v) is 6.44. The topological polar surface area (TPSA) is 115 Å². The Bertz CT molecular complexity index is 931. The molecule has 0 radical (unpaired) electrons. The minimum absolute atomic E-state index is 0.000833. The van der Waals surface area contributed by atoms with Gasteiger partial charge < -0.3 is 19.5 Å². The minimum Gasteiger partial charge on any atom is -0.490 e. The van der Waals surface area contributed by atoms with Gasteiger partial charge in [0.15, 0.2) is 18.1 Å². The Morgan fingerprint density at radius 1 is 0.906 bits per heavy atom. The molecule has 0 heterocycles. The molecule has 0 aliphatic rings. The van der Waals surface area contributed by atoms with Crippen molar-refractivity contribution in [3.63, 3.8) is 0 Å². The monoisotopic (exact) mass is 441 g/mol. The lowest BCUT2D eigenvalue weighted by atomic mass is 10.2. The van der Waals surface area contributed by atoms with E-state index < -0.39 is 5.97 Å². The van der Waals surface area contributed by atoms with Crippen LogP contribution < -0.4 is 20.2 Å². The predicted octanol–water partition coefficient (Wildman–Crippen LogP) is 2.90. The molecule has 2 aromatic carbocycles. The number of hydrogen-bond acceptors (Lipinski definition) is 7. The van der Waals surface area contributed by atoms with Crippen LogP contribution in [-0.2, 0) is 19.1 Å². The van der Waals surface area contributed by atoms with Gasteiger partial charge >= 0.3 is 5.97 Å². The number of para-hydroxylation sites is 1. The number of ether oxygens (including phenoxy) is 3. The van der Waals surface area contributed by atoms with Gasteiger partial charge in [0.2, 0.25) is 11.8 Å². The first-order valence-corrected chi connectivity index (χ1v) is 10.2. The number of esters is 1. The molecule has 0 aliphatic heterocycles. The standard InChI is InChI=1S/C23H27N3O6/c1-3-30-20-14-17(10-11-19(20)32-16-23(29)31-4-2)15-24-26-22(28)13-12-21(27)25-18-8-6-5-7-9-18/h5-11,14-15H,3-4,12-13,16H2,1-2H3,(H,25,27)(H,26,28). The van der Waals surface area contributed by atoms with Crippen LogP contribution >= 0.6 is 0 Å². The zero-order chi connectivity index (χ0) is 23.2. The lowest BCUT2D eigenvalue weighted by Crippen LogP contribution is -2.20. The summed E-state index contributed by atoms with van der Waals surface area (Å²) in [7, 11) is 0. The molecule has 0 aromatic heterocycles. The van der Waals surface area contributed by atoms with Gasteiger partial charge in [0, 0.05) is 18.5 Å². The molecule has 2 amide bonds. The molecule has 0 aliphatic carbocycles. The van der Waals surface area contributed by atoms with Gasteiger partial charge in [-0.25, -0.2) is 10.2 Å². The molecule has 2 N–H and O–H groups in total. The second-order valence-electron chi connectivity index (χ2n) is 6.44. The van der Waals surface area contributed by atoms with E-state index in [0.29, 0.717) is 29.4 Å². The summed E-state index contributed by atoms with van der Waals surface area (Å²) in [6.07, 6.45) is 1.48. The van der Waals surface area contributed by atoms with Crippen molar-refractivity contribution in [3.05, 3.63) is 54.1 Å². The highest BCUT2D eigenvalue weighted by Gasteiger charge is 2.10. The lowest BCUT2D eigenvalue weighted by molar-refractivity contribution is -0.145. The van der Waals surface area contributed by atoms with Gasteiger partial charge in [-0.3, -0.25) is 9.59 Å². The molecule has 0 atom stereocenters. The average Bonchev–Trinajstić information content (AvgIpc) is 2.78. The van der Waals surface area contributed by atoms with Crippen molar-refractivity contribution in [3.8, 4) is 11.5 Å². The van der Waals surface area contributed by atoms with Crippen molar-refractivity contribution in [2.75, 3.05) is 25.1 Å². The van der Waals surface area contributed by atoms with Gasteiger partial charge in [-0.05, 0) is 49.7 Å². The van der Waals surface area contributed by atoms with Gasteiger partial charge in [-0.1, -0.05) is 18.2 Å². The Labute approximate surface area is 186 Å². The van der Waals surface area contributed by atoms with Crippen LogP contribution in [0, 0.1) is 0 Å². The van der Waals surface area contributed by atoms with E-state index in [4.69, 9.17) is 14.2 Å². The molecule has 32 heavy (non-hydrogen) atoms. The van der Waals surface area contributed by atoms with Crippen molar-refractivity contribution >= 4 is 29.7 Å². The molecule has 170 valence electrons. The first-order valence-electron chi connectivity index (χ1n) is 10.2. The Kier molecular flexibility index (Phi) is 10.2. The number of benzene rings is 2. The normalized spacial score (nSPS) is 10.4. The first-order chi connectivity index (χ1) is 15.5. The van der Waals surface area contributed by atoms with Crippen molar-refractivity contribution < 1.29 is 28.6 Å². The smallest absolute Gasteiger partial charge is 0.344 e. The summed E-state index contributed by atoms with van der Waals surface area (Å²) >= 11 is 0. The molecule has 0 saturated carbocycles. The second kappa shape index (κ2) is 13.4. The first kappa shape index (κ1) is 24.4. The highest BCUT2D eigenvalue weighted by Crippen LogP contribution is 2.28. The molecular weight excluding hydrogens is 414 g/mol. The fraction of sp³-hybridized carbons (Fsp3) is 0.304. The molecule has 2 rings (SSSR count). The molecule has 9 heteroatoms. The van der Waals surface area contributed by atoms with Gasteiger partial charge in [0.1, 0.15) is 0 Å². The molecule has 0 spiro atoms. The third-order valence-electron chi connectivity index (χ3n) is 3.96. The molecular formula is C23H27N3O6. The predicted molar refractivity (Wildman–Crippen MR) is 120 cm³/mol. The van der Waals surface area contributed by atoms with Crippen LogP contribution in [-0.4, -0.2) is 43.8 Å². The number of nitrogens with one attached hydrogen (secondary N) is 2. The van der Waals surface area contributed by atoms with Crippen molar-refractivity contribution in [1.29, 1.82) is 0 Å². The maximum atomic E-state index is 11.9. The zero-order valence-corrected chi connectivity index (χ0v) is 18.1. The van der Waals surface area contributed by atoms with Crippen LogP contribution in [0.5, 0.6) is 11.5 Å². The highest BCUT2D eigenvalue weighted by molar-refractivity contribution is 5.93. The molecule has 0 unspecified atom stereocenters. The fourth-order valence-electron chi connectivity index (χ4n) is 2.54. The van der Waals surface area contributed by atoms with E-state index in [0.717, 1.165) is 0 Å². The number of anilines is 1. The molecule has 9 nitrogen and oxygen atoms in total. The molecule has 0 saturated heterocycles. The third kappa shape index (κ3) is 8.86. The number of amides is 2. The van der Waals surface area contributed by atoms with Crippen LogP contribution in [0.1, 0.15) is 32.3 Å². The van der Waals surface area contributed by atoms with Crippen LogP contribution in [0.2, 0.25) is 0 Å². The Hall–Kier alpha value is -3.88. The summed E-state index contributed by atoms with van der Waals surface area (Å²) in [5, 5.41) is 6.62. The number of hydrogen-bond donors (Lipinski definition) is 2. The van der Waals surface area contributed by atoms with E-state index in [9.17, 15) is 14.4 Å². The van der Waals surface area contributed by atoms with Crippen LogP contribution in [0.4, 0.5) is 5.69 Å². The van der Waals surface area contributed by atoms with Crippen LogP contribution in [0.3, 0.4) is 0 Å². The number of hydrazone groups is 1. The third-order valence-corrected chi connectivity index (χ3v) is 3.96. The van der Waals surface area contributed by atoms with E-state index in [1.807, 2.05) is 25.1 Å². The van der Waals surface area contributed by atoms with Crippen LogP contribution in [0.25, 0.3) is 0 Å². The molecule has 0 bridgehead atoms. The summed E-state index contributed by atoms with van der Waals surface area (Å²) in [6.45, 7) is 3.99. The van der Waals surface area contributed by atoms with Gasteiger partial charge in [-0.2, -0.15) is 5.10 Å². The van der Waals surface area contributed by atoms with Gasteiger partial charge in [0.05, 0.1) is 19.4 Å². The van der Waals surface area contributed by atoms with Crippen molar-refractivity contribution in [2.24, 2.45) is 5.10 Å². The summed E-state index contributed by atoms with van der Waals surface area (Å²) in [5.41, 5.74) is 3.72. The SMILES string of the molecule is CCOC(=O)COc1ccc(C=NNC(=O)CCC(=O)Nc2ccccc2)cc1OCC. The van der Waals surface area contributed by atoms with E-state index in [1.165, 1.54) is 6.21 Å². The quantitative estimate of drug-likeness (QED) is 0.297. The van der Waals surface area contributed by atoms with Crippen molar-refractivity contribution in [2.45, 2.75) is 26.7 Å². The van der Waals surface area contributed by atoms with E-state index >= 15 is 0 Å². The summed E-state index contributed by atoms with van der Waals surface area (Å²) in [6, 6.07) is 14.0. The number of rotatable bonds is 12. The zero-order valence-electron chi connectivity index (χ0n) is 18.1. The largest absolute Gasteiger partial charge is 0.490 e. The average molecular weight is 441 g/mol. The van der Waals surface area contributed by atoms with Crippen molar-refractivity contribution in [1.82, 2.24) is 5.43 Å². The minimum atomic E-state index is -0.472. The highest BCUT2D eigenvalue weighted by atomic mass is 16.6. The maximum absolute atomic E-state index is 11.9. The summed E-state index contributed by atoms with van der Waals surface area (Å²) in [4.78, 5) is 35.3. The Morgan fingerprint density at radius 3 is 2.38 bits per heavy atom. The molecule has 2 aromatic rings. The number of carbonyl (C=O) groups excluding carboxylic acids is 3. The lowest BCUT2D eigenvalue weighted by Gasteiger charge is -2.12. The summed E-state index contributed by atoms with van der Waals surface area (Å²) < 4.78 is 15.8. The Balaban J connectivity index is 1.83. The van der Waals surface area contributed by atoms with Gasteiger partial charge in [-0.15, -0.1) is 0 Å². The van der Waals surface area contributed by atoms with E-state index in [-0.39, 0.29) is 37.9 Å². The number of nitrogens with zero attached hydrogens (tertiary/aromatic N) is 1. The molecule has 0 fully saturated rings. The van der Waals surface area contributed by atoms with E-state index in [2.05, 4.69) is 15.8 Å². The Morgan fingerprint density at radius 2 is 1.66 bits per heavy atom.